The highest BCUT2D eigenvalue weighted by Gasteiger charge is 2.04. The van der Waals surface area contributed by atoms with Gasteiger partial charge in [-0.1, -0.05) is 20.3 Å². The molecule has 3 heteroatoms. The second kappa shape index (κ2) is 10.3. The van der Waals surface area contributed by atoms with Gasteiger partial charge in [0.15, 0.2) is 6.30 Å². The minimum absolute atomic E-state index is 0.279. The van der Waals surface area contributed by atoms with E-state index in [0.717, 1.165) is 32.2 Å². The second-order valence-corrected chi connectivity index (χ2v) is 4.50. The summed E-state index contributed by atoms with van der Waals surface area (Å²) in [7, 11) is 0. The molecule has 0 aliphatic carbocycles. The SMILES string of the molecule is CC(C)CCCNC(F)CCCCCF. The third-order valence-electron chi connectivity index (χ3n) is 2.42. The number of rotatable bonds is 10. The van der Waals surface area contributed by atoms with Crippen molar-refractivity contribution < 1.29 is 8.78 Å². The van der Waals surface area contributed by atoms with Crippen molar-refractivity contribution >= 4 is 0 Å². The summed E-state index contributed by atoms with van der Waals surface area (Å²) >= 11 is 0. The first-order chi connectivity index (χ1) is 7.16. The van der Waals surface area contributed by atoms with E-state index in [0.29, 0.717) is 18.8 Å². The van der Waals surface area contributed by atoms with Crippen LogP contribution in [0.4, 0.5) is 8.78 Å². The molecule has 0 spiro atoms. The summed E-state index contributed by atoms with van der Waals surface area (Å²) in [5, 5.41) is 2.85. The highest BCUT2D eigenvalue weighted by molar-refractivity contribution is 4.56. The molecular formula is C12H25F2N. The zero-order valence-electron chi connectivity index (χ0n) is 10.1. The molecule has 1 atom stereocenters. The Bertz CT molecular complexity index is 129. The van der Waals surface area contributed by atoms with E-state index in [4.69, 9.17) is 0 Å². The van der Waals surface area contributed by atoms with Gasteiger partial charge in [-0.3, -0.25) is 9.71 Å². The topological polar surface area (TPSA) is 12.0 Å². The third-order valence-corrected chi connectivity index (χ3v) is 2.42. The van der Waals surface area contributed by atoms with Crippen molar-refractivity contribution in [3.63, 3.8) is 0 Å². The Balaban J connectivity index is 3.15. The Morgan fingerprint density at radius 3 is 2.33 bits per heavy atom. The molecule has 0 amide bonds. The number of unbranched alkanes of at least 4 members (excludes halogenated alkanes) is 2. The molecule has 0 aromatic heterocycles. The summed E-state index contributed by atoms with van der Waals surface area (Å²) in [6.45, 7) is 4.81. The molecule has 0 saturated carbocycles. The molecule has 0 rings (SSSR count). The summed E-state index contributed by atoms with van der Waals surface area (Å²) in [4.78, 5) is 0. The van der Waals surface area contributed by atoms with Crippen molar-refractivity contribution in [3.05, 3.63) is 0 Å². The fourth-order valence-electron chi connectivity index (χ4n) is 1.47. The Kier molecular flexibility index (Phi) is 10.2. The van der Waals surface area contributed by atoms with E-state index in [9.17, 15) is 8.78 Å². The summed E-state index contributed by atoms with van der Waals surface area (Å²) < 4.78 is 24.9. The van der Waals surface area contributed by atoms with Crippen molar-refractivity contribution in [2.24, 2.45) is 5.92 Å². The molecule has 0 bridgehead atoms. The van der Waals surface area contributed by atoms with Gasteiger partial charge < -0.3 is 0 Å². The maximum absolute atomic E-state index is 13.1. The van der Waals surface area contributed by atoms with Crippen LogP contribution in [0.3, 0.4) is 0 Å². The second-order valence-electron chi connectivity index (χ2n) is 4.50. The van der Waals surface area contributed by atoms with Crippen LogP contribution in [-0.4, -0.2) is 19.5 Å². The van der Waals surface area contributed by atoms with E-state index in [-0.39, 0.29) is 6.67 Å². The van der Waals surface area contributed by atoms with Gasteiger partial charge in [0.1, 0.15) is 0 Å². The van der Waals surface area contributed by atoms with Crippen LogP contribution in [0.15, 0.2) is 0 Å². The maximum atomic E-state index is 13.1. The predicted octanol–water partition coefficient (Wildman–Crippen LogP) is 3.84. The van der Waals surface area contributed by atoms with Crippen molar-refractivity contribution in [2.45, 2.75) is 58.7 Å². The molecule has 0 saturated heterocycles. The minimum atomic E-state index is -0.906. The van der Waals surface area contributed by atoms with Gasteiger partial charge in [0, 0.05) is 0 Å². The summed E-state index contributed by atoms with van der Waals surface area (Å²) in [5.74, 6) is 0.689. The van der Waals surface area contributed by atoms with Gasteiger partial charge in [0.2, 0.25) is 0 Å². The van der Waals surface area contributed by atoms with Crippen LogP contribution < -0.4 is 5.32 Å². The van der Waals surface area contributed by atoms with E-state index >= 15 is 0 Å². The van der Waals surface area contributed by atoms with Gasteiger partial charge in [-0.15, -0.1) is 0 Å². The lowest BCUT2D eigenvalue weighted by atomic mass is 10.1. The predicted molar refractivity (Wildman–Crippen MR) is 61.4 cm³/mol. The maximum Gasteiger partial charge on any atom is 0.151 e. The quantitative estimate of drug-likeness (QED) is 0.436. The lowest BCUT2D eigenvalue weighted by Crippen LogP contribution is -2.25. The van der Waals surface area contributed by atoms with Crippen LogP contribution in [0.5, 0.6) is 0 Å². The number of nitrogens with one attached hydrogen (secondary N) is 1. The van der Waals surface area contributed by atoms with Gasteiger partial charge in [0.05, 0.1) is 6.67 Å². The fourth-order valence-corrected chi connectivity index (χ4v) is 1.47. The zero-order chi connectivity index (χ0) is 11.5. The monoisotopic (exact) mass is 221 g/mol. The molecule has 0 radical (unpaired) electrons. The minimum Gasteiger partial charge on any atom is -0.288 e. The van der Waals surface area contributed by atoms with Gasteiger partial charge in [-0.25, -0.2) is 4.39 Å². The number of alkyl halides is 2. The Morgan fingerprint density at radius 1 is 1.00 bits per heavy atom. The molecule has 1 N–H and O–H groups in total. The third kappa shape index (κ3) is 11.7. The molecular weight excluding hydrogens is 196 g/mol. The highest BCUT2D eigenvalue weighted by Crippen LogP contribution is 2.06. The van der Waals surface area contributed by atoms with Gasteiger partial charge in [0.25, 0.3) is 0 Å². The van der Waals surface area contributed by atoms with E-state index in [2.05, 4.69) is 19.2 Å². The number of hydrogen-bond acceptors (Lipinski definition) is 1. The molecule has 92 valence electrons. The molecule has 1 nitrogen and oxygen atoms in total. The molecule has 0 aromatic carbocycles. The van der Waals surface area contributed by atoms with Crippen molar-refractivity contribution in [2.75, 3.05) is 13.2 Å². The smallest absolute Gasteiger partial charge is 0.151 e. The highest BCUT2D eigenvalue weighted by atomic mass is 19.1. The molecule has 0 aliphatic rings. The van der Waals surface area contributed by atoms with Crippen LogP contribution in [0.1, 0.15) is 52.4 Å². The van der Waals surface area contributed by atoms with Crippen LogP contribution in [-0.2, 0) is 0 Å². The molecule has 0 fully saturated rings. The van der Waals surface area contributed by atoms with E-state index in [1.54, 1.807) is 0 Å². The van der Waals surface area contributed by atoms with E-state index < -0.39 is 6.30 Å². The first-order valence-corrected chi connectivity index (χ1v) is 6.10. The average molecular weight is 221 g/mol. The van der Waals surface area contributed by atoms with Crippen molar-refractivity contribution in [1.29, 1.82) is 0 Å². The van der Waals surface area contributed by atoms with E-state index in [1.165, 1.54) is 0 Å². The Labute approximate surface area is 92.6 Å². The summed E-state index contributed by atoms with van der Waals surface area (Å²) in [6.07, 6.45) is 3.93. The van der Waals surface area contributed by atoms with Crippen LogP contribution >= 0.6 is 0 Å². The Morgan fingerprint density at radius 2 is 1.73 bits per heavy atom. The van der Waals surface area contributed by atoms with Gasteiger partial charge in [-0.05, 0) is 44.6 Å². The molecule has 15 heavy (non-hydrogen) atoms. The van der Waals surface area contributed by atoms with Crippen LogP contribution in [0.2, 0.25) is 0 Å². The molecule has 1 unspecified atom stereocenters. The molecule has 0 aromatic rings. The Hall–Kier alpha value is -0.180. The van der Waals surface area contributed by atoms with Crippen LogP contribution in [0.25, 0.3) is 0 Å². The first kappa shape index (κ1) is 14.8. The largest absolute Gasteiger partial charge is 0.288 e. The fraction of sp³-hybridized carbons (Fsp3) is 1.00. The lowest BCUT2D eigenvalue weighted by Gasteiger charge is -2.10. The summed E-state index contributed by atoms with van der Waals surface area (Å²) in [5.41, 5.74) is 0. The summed E-state index contributed by atoms with van der Waals surface area (Å²) in [6, 6.07) is 0. The van der Waals surface area contributed by atoms with Crippen molar-refractivity contribution in [1.82, 2.24) is 5.32 Å². The van der Waals surface area contributed by atoms with E-state index in [1.807, 2.05) is 0 Å². The molecule has 0 aliphatic heterocycles. The lowest BCUT2D eigenvalue weighted by molar-refractivity contribution is 0.247. The van der Waals surface area contributed by atoms with Gasteiger partial charge >= 0.3 is 0 Å². The molecule has 0 heterocycles. The number of hydrogen-bond donors (Lipinski definition) is 1. The zero-order valence-corrected chi connectivity index (χ0v) is 10.1. The average Bonchev–Trinajstić information content (AvgIpc) is 2.19. The number of halogens is 2. The standard InChI is InChI=1S/C12H25F2N/c1-11(2)7-6-10-15-12(14)8-4-3-5-9-13/h11-12,15H,3-10H2,1-2H3. The van der Waals surface area contributed by atoms with Gasteiger partial charge in [-0.2, -0.15) is 0 Å². The van der Waals surface area contributed by atoms with Crippen LogP contribution in [0, 0.1) is 5.92 Å². The first-order valence-electron chi connectivity index (χ1n) is 6.10. The van der Waals surface area contributed by atoms with Crippen molar-refractivity contribution in [3.8, 4) is 0 Å². The normalized spacial score (nSPS) is 13.4.